The second-order valence-corrected chi connectivity index (χ2v) is 12.5. The molecule has 5 aliphatic carbocycles. The van der Waals surface area contributed by atoms with E-state index >= 15 is 0 Å². The van der Waals surface area contributed by atoms with Gasteiger partial charge in [-0.05, 0) is 89.9 Å². The predicted octanol–water partition coefficient (Wildman–Crippen LogP) is 3.97. The van der Waals surface area contributed by atoms with E-state index in [0.717, 1.165) is 44.9 Å². The molecule has 4 bridgehead atoms. The number of ether oxygens (including phenoxy) is 1. The highest BCUT2D eigenvalue weighted by molar-refractivity contribution is 6.24. The molecule has 30 heavy (non-hydrogen) atoms. The molecule has 0 radical (unpaired) electrons. The lowest BCUT2D eigenvalue weighted by atomic mass is 9.47. The number of carbonyl (C=O) groups is 2. The van der Waals surface area contributed by atoms with Gasteiger partial charge in [0.25, 0.3) is 0 Å². The minimum atomic E-state index is -0.674. The molecule has 0 aromatic rings. The van der Waals surface area contributed by atoms with Crippen molar-refractivity contribution in [2.75, 3.05) is 0 Å². The fraction of sp³-hybridized carbons (Fsp3) is 0.870. The van der Waals surface area contributed by atoms with Crippen molar-refractivity contribution < 1.29 is 14.3 Å². The van der Waals surface area contributed by atoms with Gasteiger partial charge in [0.05, 0.1) is 6.07 Å². The quantitative estimate of drug-likeness (QED) is 0.682. The van der Waals surface area contributed by atoms with Crippen LogP contribution >= 0.6 is 11.6 Å². The first-order valence-electron chi connectivity index (χ1n) is 11.4. The van der Waals surface area contributed by atoms with Gasteiger partial charge in [-0.3, -0.25) is 4.79 Å². The lowest BCUT2D eigenvalue weighted by molar-refractivity contribution is -0.145. The van der Waals surface area contributed by atoms with Crippen LogP contribution in [0.25, 0.3) is 0 Å². The summed E-state index contributed by atoms with van der Waals surface area (Å²) in [7, 11) is 0. The maximum atomic E-state index is 13.9. The monoisotopic (exact) mass is 433 g/mol. The number of alkyl halides is 1. The SMILES string of the molecule is CC(C)(C)OC(=O)N[C@H](C(=O)N1[C@H](C#N)C[C@@H]2C[C@@H]21)C12C[C@@H]3C[C@@H](CC(Cl)(C3)C1)C2. The van der Waals surface area contributed by atoms with E-state index in [1.54, 1.807) is 4.90 Å². The van der Waals surface area contributed by atoms with Crippen LogP contribution in [0.1, 0.15) is 72.1 Å². The summed E-state index contributed by atoms with van der Waals surface area (Å²) in [6.45, 7) is 5.47. The molecule has 6 fully saturated rings. The summed E-state index contributed by atoms with van der Waals surface area (Å²) in [5.41, 5.74) is -0.982. The minimum absolute atomic E-state index is 0.0976. The zero-order chi connectivity index (χ0) is 21.5. The Hall–Kier alpha value is -1.48. The van der Waals surface area contributed by atoms with Gasteiger partial charge in [-0.1, -0.05) is 0 Å². The molecule has 1 saturated heterocycles. The molecule has 2 unspecified atom stereocenters. The predicted molar refractivity (Wildman–Crippen MR) is 112 cm³/mol. The van der Waals surface area contributed by atoms with Gasteiger partial charge in [0.15, 0.2) is 0 Å². The van der Waals surface area contributed by atoms with E-state index in [1.165, 1.54) is 6.42 Å². The zero-order valence-corrected chi connectivity index (χ0v) is 18.9. The molecule has 1 heterocycles. The topological polar surface area (TPSA) is 82.4 Å². The van der Waals surface area contributed by atoms with Crippen molar-refractivity contribution in [1.82, 2.24) is 10.2 Å². The number of piperidine rings is 1. The van der Waals surface area contributed by atoms with E-state index in [1.807, 2.05) is 20.8 Å². The molecule has 164 valence electrons. The third-order valence-electron chi connectivity index (χ3n) is 8.06. The number of likely N-dealkylation sites (tertiary alicyclic amines) is 1. The van der Waals surface area contributed by atoms with Crippen LogP contribution in [0, 0.1) is 34.5 Å². The van der Waals surface area contributed by atoms with Gasteiger partial charge in [-0.25, -0.2) is 4.79 Å². The van der Waals surface area contributed by atoms with E-state index < -0.39 is 17.7 Å². The molecule has 1 N–H and O–H groups in total. The van der Waals surface area contributed by atoms with Gasteiger partial charge in [-0.2, -0.15) is 5.26 Å². The van der Waals surface area contributed by atoms with E-state index in [2.05, 4.69) is 11.4 Å². The molecular weight excluding hydrogens is 402 g/mol. The van der Waals surface area contributed by atoms with E-state index in [4.69, 9.17) is 16.3 Å². The highest BCUT2D eigenvalue weighted by Gasteiger charge is 2.64. The largest absolute Gasteiger partial charge is 0.444 e. The van der Waals surface area contributed by atoms with Crippen LogP contribution in [-0.4, -0.2) is 45.5 Å². The summed E-state index contributed by atoms with van der Waals surface area (Å²) in [6, 6.07) is 1.41. The number of rotatable bonds is 3. The Kier molecular flexibility index (Phi) is 4.43. The zero-order valence-electron chi connectivity index (χ0n) is 18.1. The van der Waals surface area contributed by atoms with Gasteiger partial charge >= 0.3 is 6.09 Å². The molecular formula is C23H32ClN3O3. The fourth-order valence-corrected chi connectivity index (χ4v) is 8.20. The van der Waals surface area contributed by atoms with Crippen molar-refractivity contribution in [3.05, 3.63) is 0 Å². The normalized spacial score (nSPS) is 44.2. The second-order valence-electron chi connectivity index (χ2n) is 11.7. The molecule has 6 nitrogen and oxygen atoms in total. The van der Waals surface area contributed by atoms with Gasteiger partial charge in [0.2, 0.25) is 5.91 Å². The first-order valence-corrected chi connectivity index (χ1v) is 11.8. The molecule has 6 aliphatic rings. The van der Waals surface area contributed by atoms with E-state index in [0.29, 0.717) is 17.8 Å². The maximum Gasteiger partial charge on any atom is 0.408 e. The van der Waals surface area contributed by atoms with Crippen LogP contribution in [0.15, 0.2) is 0 Å². The highest BCUT2D eigenvalue weighted by atomic mass is 35.5. The number of carbonyl (C=O) groups excluding carboxylic acids is 2. The molecule has 1 aliphatic heterocycles. The van der Waals surface area contributed by atoms with E-state index in [9.17, 15) is 14.9 Å². The van der Waals surface area contributed by atoms with Crippen LogP contribution in [-0.2, 0) is 9.53 Å². The number of hydrogen-bond acceptors (Lipinski definition) is 4. The first kappa shape index (κ1) is 20.4. The molecule has 0 spiro atoms. The number of nitrogens with one attached hydrogen (secondary N) is 1. The van der Waals surface area contributed by atoms with Crippen molar-refractivity contribution in [3.8, 4) is 6.07 Å². The lowest BCUT2D eigenvalue weighted by Crippen LogP contribution is -2.65. The number of nitriles is 1. The van der Waals surface area contributed by atoms with Crippen molar-refractivity contribution in [2.45, 2.75) is 101 Å². The first-order chi connectivity index (χ1) is 14.0. The Labute approximate surface area is 183 Å². The number of alkyl carbamates (subject to hydrolysis) is 1. The molecule has 2 amide bonds. The Morgan fingerprint density at radius 3 is 2.40 bits per heavy atom. The van der Waals surface area contributed by atoms with Crippen molar-refractivity contribution in [1.29, 1.82) is 5.26 Å². The van der Waals surface area contributed by atoms with Crippen LogP contribution in [0.4, 0.5) is 4.79 Å². The minimum Gasteiger partial charge on any atom is -0.444 e. The molecule has 5 saturated carbocycles. The van der Waals surface area contributed by atoms with Crippen LogP contribution in [0.5, 0.6) is 0 Å². The molecule has 7 heteroatoms. The van der Waals surface area contributed by atoms with Crippen molar-refractivity contribution in [2.24, 2.45) is 23.2 Å². The lowest BCUT2D eigenvalue weighted by Gasteiger charge is -2.62. The highest BCUT2D eigenvalue weighted by Crippen LogP contribution is 2.65. The maximum absolute atomic E-state index is 13.9. The Bertz CT molecular complexity index is 801. The summed E-state index contributed by atoms with van der Waals surface area (Å²) >= 11 is 7.04. The smallest absolute Gasteiger partial charge is 0.408 e. The Morgan fingerprint density at radius 1 is 1.17 bits per heavy atom. The summed E-state index contributed by atoms with van der Waals surface area (Å²) in [6.07, 6.45) is 6.96. The molecule has 0 aromatic heterocycles. The number of fused-ring (bicyclic) bond motifs is 1. The molecule has 8 atom stereocenters. The summed E-state index contributed by atoms with van der Waals surface area (Å²) in [5, 5.41) is 12.6. The van der Waals surface area contributed by atoms with Crippen molar-refractivity contribution >= 4 is 23.6 Å². The Balaban J connectivity index is 1.47. The second kappa shape index (κ2) is 6.51. The van der Waals surface area contributed by atoms with Crippen LogP contribution < -0.4 is 5.32 Å². The average Bonchev–Trinajstić information content (AvgIpc) is 3.25. The Morgan fingerprint density at radius 2 is 1.83 bits per heavy atom. The average molecular weight is 434 g/mol. The van der Waals surface area contributed by atoms with Crippen molar-refractivity contribution in [3.63, 3.8) is 0 Å². The van der Waals surface area contributed by atoms with Gasteiger partial charge in [0.1, 0.15) is 17.7 Å². The van der Waals surface area contributed by atoms with Crippen LogP contribution in [0.2, 0.25) is 0 Å². The van der Waals surface area contributed by atoms with E-state index in [-0.39, 0.29) is 28.3 Å². The molecule has 0 aromatic carbocycles. The van der Waals surface area contributed by atoms with Gasteiger partial charge < -0.3 is 15.0 Å². The van der Waals surface area contributed by atoms with Gasteiger partial charge in [0, 0.05) is 16.3 Å². The number of nitrogens with zero attached hydrogens (tertiary/aromatic N) is 2. The number of hydrogen-bond donors (Lipinski definition) is 1. The number of halogens is 1. The van der Waals surface area contributed by atoms with Crippen LogP contribution in [0.3, 0.4) is 0 Å². The third-order valence-corrected chi connectivity index (χ3v) is 8.51. The summed E-state index contributed by atoms with van der Waals surface area (Å²) in [4.78, 5) is 28.3. The fourth-order valence-electron chi connectivity index (χ4n) is 7.50. The third kappa shape index (κ3) is 3.38. The number of amides is 2. The molecule has 6 rings (SSSR count). The summed E-state index contributed by atoms with van der Waals surface area (Å²) in [5.74, 6) is 1.37. The standard InChI is InChI=1S/C23H32ClN3O3/c1-21(2,3)30-20(29)26-18(19(28)27-16(11-25)5-15-6-17(15)27)22-7-13-4-14(8-22)10-23(24,9-13)12-22/h13-18H,4-10,12H2,1-3H3,(H,26,29)/t13-,14+,15-,16+,17+,18-,22?,23?/m1/s1. The van der Waals surface area contributed by atoms with Gasteiger partial charge in [-0.15, -0.1) is 11.6 Å². The summed E-state index contributed by atoms with van der Waals surface area (Å²) < 4.78 is 5.54.